The van der Waals surface area contributed by atoms with Gasteiger partial charge >= 0.3 is 18.1 Å². The molecule has 0 aromatic heterocycles. The number of rotatable bonds is 5. The van der Waals surface area contributed by atoms with Crippen LogP contribution in [-0.4, -0.2) is 54.2 Å². The van der Waals surface area contributed by atoms with Crippen LogP contribution in [-0.2, 0) is 4.74 Å². The molecule has 1 aromatic rings. The zero-order valence-electron chi connectivity index (χ0n) is 16.0. The summed E-state index contributed by atoms with van der Waals surface area (Å²) >= 11 is 12.9. The number of amidine groups is 1. The normalized spacial score (nSPS) is 14.0. The van der Waals surface area contributed by atoms with Crippen molar-refractivity contribution in [2.45, 2.75) is 38.1 Å². The van der Waals surface area contributed by atoms with E-state index in [0.717, 1.165) is 11.9 Å². The fraction of sp³-hybridized carbons (Fsp3) is 0.471. The van der Waals surface area contributed by atoms with E-state index >= 15 is 0 Å². The van der Waals surface area contributed by atoms with E-state index in [1.54, 1.807) is 32.0 Å². The zero-order chi connectivity index (χ0) is 20.8. The Kier molecular flexibility index (Phi) is 8.87. The van der Waals surface area contributed by atoms with Crippen LogP contribution in [0.25, 0.3) is 0 Å². The van der Waals surface area contributed by atoms with Gasteiger partial charge in [0, 0.05) is 29.0 Å². The molecule has 7 nitrogen and oxygen atoms in total. The van der Waals surface area contributed by atoms with E-state index < -0.39 is 28.6 Å². The van der Waals surface area contributed by atoms with E-state index in [0.29, 0.717) is 21.4 Å². The molecule has 27 heavy (non-hydrogen) atoms. The molecule has 0 aliphatic heterocycles. The molecular weight excluding hydrogens is 411 g/mol. The maximum Gasteiger partial charge on any atom is 0.445 e. The molecule has 0 radical (unpaired) electrons. The van der Waals surface area contributed by atoms with Gasteiger partial charge in [0.1, 0.15) is 6.04 Å². The average Bonchev–Trinajstić information content (AvgIpc) is 2.59. The summed E-state index contributed by atoms with van der Waals surface area (Å²) in [6, 6.07) is 2.67. The molecule has 0 aliphatic rings. The van der Waals surface area contributed by atoms with Crippen LogP contribution in [0.2, 0.25) is 10.0 Å². The molecule has 2 unspecified atom stereocenters. The lowest BCUT2D eigenvalue weighted by Gasteiger charge is -2.36. The minimum Gasteiger partial charge on any atom is -0.436 e. The van der Waals surface area contributed by atoms with Gasteiger partial charge in [0.25, 0.3) is 0 Å². The highest BCUT2D eigenvalue weighted by Crippen LogP contribution is 2.27. The second-order valence-corrected chi connectivity index (χ2v) is 7.76. The average molecular weight is 436 g/mol. The van der Waals surface area contributed by atoms with E-state index in [-0.39, 0.29) is 6.61 Å². The number of carbonyl (C=O) groups is 2. The van der Waals surface area contributed by atoms with Crippen LogP contribution in [0.3, 0.4) is 0 Å². The number of imide groups is 1. The van der Waals surface area contributed by atoms with Gasteiger partial charge < -0.3 is 4.74 Å². The van der Waals surface area contributed by atoms with Crippen molar-refractivity contribution in [2.75, 3.05) is 20.7 Å². The van der Waals surface area contributed by atoms with Crippen LogP contribution in [0.1, 0.15) is 27.2 Å². The van der Waals surface area contributed by atoms with Crippen molar-refractivity contribution < 1.29 is 18.8 Å². The summed E-state index contributed by atoms with van der Waals surface area (Å²) in [4.78, 5) is 28.1. The van der Waals surface area contributed by atoms with E-state index in [9.17, 15) is 9.59 Å². The summed E-state index contributed by atoms with van der Waals surface area (Å²) < 4.78 is 7.05. The first kappa shape index (κ1) is 23.6. The summed E-state index contributed by atoms with van der Waals surface area (Å²) in [5.41, 5.74) is 0. The highest BCUT2D eigenvalue weighted by molar-refractivity contribution is 7.98. The van der Waals surface area contributed by atoms with Crippen LogP contribution in [0.15, 0.2) is 23.1 Å². The monoisotopic (exact) mass is 435 g/mol. The Hall–Kier alpha value is -1.48. The Labute approximate surface area is 174 Å². The quantitative estimate of drug-likeness (QED) is 0.295. The number of urea groups is 2. The lowest BCUT2D eigenvalue weighted by Crippen LogP contribution is -2.70. The summed E-state index contributed by atoms with van der Waals surface area (Å²) in [6.45, 7) is 5.44. The second-order valence-electron chi connectivity index (χ2n) is 6.01. The molecule has 150 valence electrons. The highest BCUT2D eigenvalue weighted by atomic mass is 35.5. The van der Waals surface area contributed by atoms with Gasteiger partial charge in [0.15, 0.2) is 0 Å². The number of hydrogen-bond acceptors (Lipinski definition) is 5. The van der Waals surface area contributed by atoms with E-state index in [1.807, 2.05) is 6.92 Å². The molecule has 0 fully saturated rings. The zero-order valence-corrected chi connectivity index (χ0v) is 18.3. The lowest BCUT2D eigenvalue weighted by atomic mass is 10.2. The maximum atomic E-state index is 13.2. The molecule has 1 rings (SSSR count). The van der Waals surface area contributed by atoms with E-state index in [1.165, 1.54) is 19.0 Å². The van der Waals surface area contributed by atoms with Crippen LogP contribution in [0.5, 0.6) is 0 Å². The Morgan fingerprint density at radius 3 is 2.26 bits per heavy atom. The first-order valence-corrected chi connectivity index (χ1v) is 9.94. The topological polar surface area (TPSA) is 82.5 Å². The summed E-state index contributed by atoms with van der Waals surface area (Å²) in [5.74, 6) is 0. The Morgan fingerprint density at radius 2 is 1.81 bits per heavy atom. The molecule has 1 aromatic carbocycles. The van der Waals surface area contributed by atoms with Crippen LogP contribution >= 0.6 is 35.1 Å². The molecule has 2 N–H and O–H groups in total. The van der Waals surface area contributed by atoms with Crippen molar-refractivity contribution in [1.82, 2.24) is 9.62 Å². The smallest absolute Gasteiger partial charge is 0.436 e. The summed E-state index contributed by atoms with van der Waals surface area (Å²) in [6.07, 6.45) is 0.482. The summed E-state index contributed by atoms with van der Waals surface area (Å²) in [5, 5.41) is 9.17. The molecule has 0 aliphatic carbocycles. The second kappa shape index (κ2) is 10.2. The SMILES string of the molecule is CCOC(=N)[N+](C(=O)NSc1cc(Cl)cc(Cl)c1)(C(=O)N(C)C)C(C)CC. The van der Waals surface area contributed by atoms with Gasteiger partial charge in [-0.25, -0.2) is 19.7 Å². The third-order valence-corrected chi connectivity index (χ3v) is 5.13. The third-order valence-electron chi connectivity index (χ3n) is 3.95. The van der Waals surface area contributed by atoms with Crippen molar-refractivity contribution in [2.24, 2.45) is 0 Å². The Morgan fingerprint density at radius 1 is 1.26 bits per heavy atom. The molecule has 0 spiro atoms. The first-order valence-electron chi connectivity index (χ1n) is 8.37. The van der Waals surface area contributed by atoms with Crippen molar-refractivity contribution in [3.8, 4) is 0 Å². The molecular formula is C17H25Cl2N4O3S+. The predicted octanol–water partition coefficient (Wildman–Crippen LogP) is 4.98. The molecule has 2 atom stereocenters. The van der Waals surface area contributed by atoms with Gasteiger partial charge in [-0.15, -0.1) is 0 Å². The largest absolute Gasteiger partial charge is 0.445 e. The van der Waals surface area contributed by atoms with E-state index in [4.69, 9.17) is 33.3 Å². The van der Waals surface area contributed by atoms with Gasteiger partial charge in [-0.1, -0.05) is 34.6 Å². The lowest BCUT2D eigenvalue weighted by molar-refractivity contribution is -0.716. The van der Waals surface area contributed by atoms with Gasteiger partial charge in [-0.3, -0.25) is 4.90 Å². The standard InChI is InChI=1S/C17H24Cl2N4O3S/c1-6-11(3)23(15(20)26-7-2,17(25)22(4)5)16(24)21-27-14-9-12(18)8-13(19)10-14/h8-11,20H,6-7H2,1-5H3/p+1. The molecule has 0 heterocycles. The number of amides is 4. The van der Waals surface area contributed by atoms with Crippen molar-refractivity contribution in [3.63, 3.8) is 0 Å². The van der Waals surface area contributed by atoms with Crippen LogP contribution in [0, 0.1) is 5.41 Å². The maximum absolute atomic E-state index is 13.2. The van der Waals surface area contributed by atoms with Gasteiger partial charge in [-0.2, -0.15) is 0 Å². The Bertz CT molecular complexity index is 697. The Balaban J connectivity index is 3.28. The van der Waals surface area contributed by atoms with Gasteiger partial charge in [0.05, 0.1) is 6.61 Å². The number of nitrogens with zero attached hydrogens (tertiary/aromatic N) is 2. The van der Waals surface area contributed by atoms with Crippen molar-refractivity contribution >= 4 is 53.2 Å². The van der Waals surface area contributed by atoms with Crippen molar-refractivity contribution in [1.29, 1.82) is 5.41 Å². The number of carbonyl (C=O) groups excluding carboxylic acids is 2. The van der Waals surface area contributed by atoms with Gasteiger partial charge in [0.2, 0.25) is 0 Å². The number of quaternary nitrogens is 1. The van der Waals surface area contributed by atoms with Crippen molar-refractivity contribution in [3.05, 3.63) is 28.2 Å². The number of ether oxygens (including phenoxy) is 1. The molecule has 4 amide bonds. The molecule has 10 heteroatoms. The molecule has 0 bridgehead atoms. The minimum absolute atomic E-state index is 0.167. The minimum atomic E-state index is -0.904. The number of nitrogens with one attached hydrogen (secondary N) is 2. The fourth-order valence-electron chi connectivity index (χ4n) is 2.44. The molecule has 0 saturated heterocycles. The first-order chi connectivity index (χ1) is 12.6. The predicted molar refractivity (Wildman–Crippen MR) is 109 cm³/mol. The number of hydrogen-bond donors (Lipinski definition) is 2. The summed E-state index contributed by atoms with van der Waals surface area (Å²) in [7, 11) is 3.07. The molecule has 0 saturated carbocycles. The number of halogens is 2. The van der Waals surface area contributed by atoms with Crippen LogP contribution in [0.4, 0.5) is 9.59 Å². The van der Waals surface area contributed by atoms with Crippen LogP contribution < -0.4 is 4.72 Å². The van der Waals surface area contributed by atoms with Gasteiger partial charge in [-0.05, 0) is 50.4 Å². The van der Waals surface area contributed by atoms with E-state index in [2.05, 4.69) is 4.72 Å². The highest BCUT2D eigenvalue weighted by Gasteiger charge is 2.56. The fourth-order valence-corrected chi connectivity index (χ4v) is 3.82. The number of benzene rings is 1. The third kappa shape index (κ3) is 5.28.